The normalized spacial score (nSPS) is 51.8. The van der Waals surface area contributed by atoms with Gasteiger partial charge in [-0.05, 0) is 84.4 Å². The second kappa shape index (κ2) is 20.1. The molecule has 412 valence electrons. The first kappa shape index (κ1) is 56.2. The minimum absolute atomic E-state index is 0.0339. The summed E-state index contributed by atoms with van der Waals surface area (Å²) in [5.41, 5.74) is -2.76. The zero-order chi connectivity index (χ0) is 53.0. The number of fused-ring (bicyclic) bond motifs is 7. The van der Waals surface area contributed by atoms with Gasteiger partial charge < -0.3 is 94.1 Å². The van der Waals surface area contributed by atoms with E-state index >= 15 is 0 Å². The van der Waals surface area contributed by atoms with Crippen molar-refractivity contribution in [2.75, 3.05) is 26.4 Å². The monoisotopic (exact) mass is 1030 g/mol. The van der Waals surface area contributed by atoms with Gasteiger partial charge in [-0.3, -0.25) is 9.59 Å². The number of ether oxygens (including phenoxy) is 8. The maximum absolute atomic E-state index is 12.8. The smallest absolute Gasteiger partial charge is 0.303 e. The average Bonchev–Trinajstić information content (AvgIpc) is 3.30. The molecule has 0 unspecified atom stereocenters. The number of hydrogen-bond acceptors (Lipinski definition) is 21. The van der Waals surface area contributed by atoms with E-state index in [1.807, 2.05) is 13.8 Å². The highest BCUT2D eigenvalue weighted by atomic mass is 16.8. The lowest BCUT2D eigenvalue weighted by Gasteiger charge is -2.72. The topological polar surface area (TPSA) is 331 Å². The molecular weight excluding hydrogens is 949 g/mol. The number of rotatable bonds is 11. The molecule has 0 amide bonds. The molecule has 72 heavy (non-hydrogen) atoms. The Morgan fingerprint density at radius 1 is 0.681 bits per heavy atom. The zero-order valence-electron chi connectivity index (χ0n) is 43.0. The molecule has 21 heteroatoms. The lowest BCUT2D eigenvalue weighted by Crippen LogP contribution is -2.72. The van der Waals surface area contributed by atoms with Crippen LogP contribution in [0, 0.1) is 50.2 Å². The summed E-state index contributed by atoms with van der Waals surface area (Å²) in [7, 11) is 0. The van der Waals surface area contributed by atoms with Crippen LogP contribution in [-0.4, -0.2) is 205 Å². The van der Waals surface area contributed by atoms with Crippen LogP contribution >= 0.6 is 0 Å². The van der Waals surface area contributed by atoms with Gasteiger partial charge >= 0.3 is 11.9 Å². The van der Waals surface area contributed by atoms with Gasteiger partial charge in [0.15, 0.2) is 18.9 Å². The van der Waals surface area contributed by atoms with Gasteiger partial charge in [-0.15, -0.1) is 0 Å². The van der Waals surface area contributed by atoms with Gasteiger partial charge in [0, 0.05) is 19.3 Å². The van der Waals surface area contributed by atoms with Crippen molar-refractivity contribution >= 4 is 11.9 Å². The number of carbonyl (C=O) groups excluding carboxylic acids is 2. The maximum Gasteiger partial charge on any atom is 0.303 e. The predicted octanol–water partition coefficient (Wildman–Crippen LogP) is -0.693. The van der Waals surface area contributed by atoms with Crippen LogP contribution in [0.5, 0.6) is 0 Å². The summed E-state index contributed by atoms with van der Waals surface area (Å²) in [6.07, 6.45) is -19.8. The summed E-state index contributed by atoms with van der Waals surface area (Å²) < 4.78 is 48.1. The highest BCUT2D eigenvalue weighted by Crippen LogP contribution is 2.76. The predicted molar refractivity (Wildman–Crippen MR) is 247 cm³/mol. The van der Waals surface area contributed by atoms with Crippen molar-refractivity contribution in [3.8, 4) is 0 Å². The molecule has 4 saturated carbocycles. The van der Waals surface area contributed by atoms with Gasteiger partial charge in [-0.2, -0.15) is 0 Å². The molecule has 3 heterocycles. The standard InChI is InChI=1S/C51H82O21/c1-22(54)67-41-42(68-23(2)55)51(21-53)25(16-46(41,3)4)24-10-11-30-48(7)14-13-32(47(5,6)29(48)12-15-49(30,8)50(24,9)17-31(51)57)71-45-40(72-44-39(64)36(61)34(59)27(18-52)69-44)37(62)35(60)28(70-45)20-66-43-38(63)33(58)26(56)19-65-43/h10,25-45,52-53,56-64H,11-21H2,1-9H3/t25-,26+,27-,28-,29+,30-,31-,32+,33+,34-,35-,36+,37+,38-,39-,40-,41+,42+,43+,44+,45+,48+,49-,50-,51+/m1/s1. The van der Waals surface area contributed by atoms with E-state index in [1.165, 1.54) is 13.8 Å². The van der Waals surface area contributed by atoms with Gasteiger partial charge in [0.1, 0.15) is 79.4 Å². The van der Waals surface area contributed by atoms with Crippen molar-refractivity contribution in [3.63, 3.8) is 0 Å². The Morgan fingerprint density at radius 2 is 1.31 bits per heavy atom. The number of aliphatic hydroxyl groups is 11. The highest BCUT2D eigenvalue weighted by molar-refractivity contribution is 5.68. The van der Waals surface area contributed by atoms with Crippen LogP contribution in [0.15, 0.2) is 11.6 Å². The van der Waals surface area contributed by atoms with Crippen LogP contribution in [0.25, 0.3) is 0 Å². The SMILES string of the molecule is CC(=O)O[C@H]1[C@H](OC(C)=O)[C@]2(CO)[C@H](O)C[C@]3(C)C(=CC[C@@H]4[C@@]5(C)CC[C@H](O[C@@H]6O[C@H](CO[C@@H]7OC[C@H](O)[C@H](O)[C@H]7O)[C@@H](O)[C@H](O)[C@H]6O[C@@H]6O[C@H](CO)[C@@H](O)[C@H](O)[C@H]6O)C(C)(C)[C@@H]5CC[C@]43C)[C@H]2CC1(C)C. The third-order valence-electron chi connectivity index (χ3n) is 19.8. The number of hydrogen-bond donors (Lipinski definition) is 11. The molecule has 21 nitrogen and oxygen atoms in total. The average molecular weight is 1030 g/mol. The molecule has 0 aromatic heterocycles. The number of esters is 2. The third-order valence-corrected chi connectivity index (χ3v) is 19.8. The number of allylic oxidation sites excluding steroid dienone is 2. The lowest BCUT2D eigenvalue weighted by atomic mass is 9.33. The van der Waals surface area contributed by atoms with E-state index < -0.39 is 170 Å². The first-order valence-electron chi connectivity index (χ1n) is 25.8. The first-order valence-corrected chi connectivity index (χ1v) is 25.8. The van der Waals surface area contributed by atoms with Crippen LogP contribution in [0.3, 0.4) is 0 Å². The lowest BCUT2D eigenvalue weighted by molar-refractivity contribution is -0.381. The molecule has 25 atom stereocenters. The summed E-state index contributed by atoms with van der Waals surface area (Å²) >= 11 is 0. The van der Waals surface area contributed by atoms with Crippen LogP contribution in [0.1, 0.15) is 107 Å². The Labute approximate surface area is 420 Å². The van der Waals surface area contributed by atoms with Crippen molar-refractivity contribution < 1.29 is 104 Å². The van der Waals surface area contributed by atoms with Crippen molar-refractivity contribution in [2.45, 2.75) is 218 Å². The molecule has 0 bridgehead atoms. The van der Waals surface area contributed by atoms with Crippen molar-refractivity contribution in [1.82, 2.24) is 0 Å². The van der Waals surface area contributed by atoms with E-state index in [1.54, 1.807) is 0 Å². The Kier molecular flexibility index (Phi) is 15.7. The molecule has 5 aliphatic carbocycles. The maximum atomic E-state index is 12.8. The largest absolute Gasteiger partial charge is 0.458 e. The van der Waals surface area contributed by atoms with Gasteiger partial charge in [0.2, 0.25) is 0 Å². The number of aliphatic hydroxyl groups excluding tert-OH is 11. The van der Waals surface area contributed by atoms with Crippen LogP contribution < -0.4 is 0 Å². The second-order valence-corrected chi connectivity index (χ2v) is 24.5. The van der Waals surface area contributed by atoms with E-state index in [-0.39, 0.29) is 35.7 Å². The van der Waals surface area contributed by atoms with E-state index in [4.69, 9.17) is 37.9 Å². The molecule has 0 aromatic rings. The summed E-state index contributed by atoms with van der Waals surface area (Å²) in [6, 6.07) is 0. The minimum atomic E-state index is -1.86. The molecule has 3 aliphatic heterocycles. The molecule has 3 saturated heterocycles. The molecule has 11 N–H and O–H groups in total. The fourth-order valence-corrected chi connectivity index (χ4v) is 15.7. The number of carbonyl (C=O) groups is 2. The molecule has 8 aliphatic rings. The second-order valence-electron chi connectivity index (χ2n) is 24.5. The molecule has 0 aromatic carbocycles. The molecule has 8 rings (SSSR count). The van der Waals surface area contributed by atoms with Crippen molar-refractivity contribution in [1.29, 1.82) is 0 Å². The molecule has 7 fully saturated rings. The summed E-state index contributed by atoms with van der Waals surface area (Å²) in [6.45, 7) is 15.5. The Morgan fingerprint density at radius 3 is 1.94 bits per heavy atom. The van der Waals surface area contributed by atoms with E-state index in [0.29, 0.717) is 25.7 Å². The quantitative estimate of drug-likeness (QED) is 0.0693. The highest BCUT2D eigenvalue weighted by Gasteiger charge is 2.74. The van der Waals surface area contributed by atoms with Gasteiger partial charge in [0.25, 0.3) is 0 Å². The van der Waals surface area contributed by atoms with Crippen LogP contribution in [0.2, 0.25) is 0 Å². The van der Waals surface area contributed by atoms with E-state index in [2.05, 4.69) is 40.7 Å². The Hall–Kier alpha value is -2.00. The summed E-state index contributed by atoms with van der Waals surface area (Å²) in [4.78, 5) is 25.3. The minimum Gasteiger partial charge on any atom is -0.458 e. The zero-order valence-corrected chi connectivity index (χ0v) is 43.0. The molecular formula is C51H82O21. The van der Waals surface area contributed by atoms with Crippen molar-refractivity contribution in [3.05, 3.63) is 11.6 Å². The van der Waals surface area contributed by atoms with E-state index in [9.17, 15) is 65.8 Å². The fourth-order valence-electron chi connectivity index (χ4n) is 15.7. The Balaban J connectivity index is 1.08. The van der Waals surface area contributed by atoms with Gasteiger partial charge in [0.05, 0.1) is 44.1 Å². The van der Waals surface area contributed by atoms with Crippen LogP contribution in [-0.2, 0) is 47.5 Å². The van der Waals surface area contributed by atoms with Crippen molar-refractivity contribution in [2.24, 2.45) is 50.2 Å². The first-order chi connectivity index (χ1) is 33.5. The van der Waals surface area contributed by atoms with Gasteiger partial charge in [-0.25, -0.2) is 0 Å². The molecule has 0 radical (unpaired) electrons. The fraction of sp³-hybridized carbons (Fsp3) is 0.922. The molecule has 0 spiro atoms. The Bertz CT molecular complexity index is 2000. The summed E-state index contributed by atoms with van der Waals surface area (Å²) in [5.74, 6) is -1.44. The summed E-state index contributed by atoms with van der Waals surface area (Å²) in [5, 5.41) is 120. The third kappa shape index (κ3) is 8.92. The van der Waals surface area contributed by atoms with Crippen LogP contribution in [0.4, 0.5) is 0 Å². The van der Waals surface area contributed by atoms with E-state index in [0.717, 1.165) is 18.4 Å². The van der Waals surface area contributed by atoms with Gasteiger partial charge in [-0.1, -0.05) is 60.1 Å².